The average molecular weight is 389 g/mol. The van der Waals surface area contributed by atoms with Crippen LogP contribution in [0.4, 0.5) is 15.8 Å². The van der Waals surface area contributed by atoms with E-state index in [-0.39, 0.29) is 29.8 Å². The summed E-state index contributed by atoms with van der Waals surface area (Å²) in [6.45, 7) is 1.92. The van der Waals surface area contributed by atoms with Crippen LogP contribution in [-0.4, -0.2) is 55.6 Å². The molecule has 1 amide bonds. The minimum Gasteiger partial charge on any atom is -0.496 e. The van der Waals surface area contributed by atoms with E-state index in [9.17, 15) is 19.3 Å². The van der Waals surface area contributed by atoms with E-state index in [0.29, 0.717) is 31.9 Å². The number of amides is 1. The van der Waals surface area contributed by atoms with Gasteiger partial charge in [-0.15, -0.1) is 0 Å². The lowest BCUT2D eigenvalue weighted by molar-refractivity contribution is -0.385. The number of anilines is 1. The van der Waals surface area contributed by atoms with Gasteiger partial charge in [-0.1, -0.05) is 0 Å². The first kappa shape index (κ1) is 19.4. The molecule has 1 aliphatic rings. The topological polar surface area (TPSA) is 85.2 Å². The standard InChI is InChI=1S/C19H20FN3O5/c1-27-16-6-7-18(17(12-16)23(25)26)28-13-19(24)22-10-8-21(9-11-22)15-4-2-14(20)3-5-15/h2-7,12H,8-11,13H2,1H3. The minimum absolute atomic E-state index is 0.0177. The Balaban J connectivity index is 1.55. The van der Waals surface area contributed by atoms with Crippen LogP contribution in [0.3, 0.4) is 0 Å². The van der Waals surface area contributed by atoms with Crippen LogP contribution in [0, 0.1) is 15.9 Å². The first-order valence-electron chi connectivity index (χ1n) is 8.71. The summed E-state index contributed by atoms with van der Waals surface area (Å²) >= 11 is 0. The van der Waals surface area contributed by atoms with E-state index in [2.05, 4.69) is 4.90 Å². The van der Waals surface area contributed by atoms with Gasteiger partial charge in [-0.25, -0.2) is 4.39 Å². The third-order valence-corrected chi connectivity index (χ3v) is 4.54. The van der Waals surface area contributed by atoms with E-state index >= 15 is 0 Å². The molecule has 28 heavy (non-hydrogen) atoms. The van der Waals surface area contributed by atoms with Gasteiger partial charge in [-0.2, -0.15) is 0 Å². The number of nitro groups is 1. The largest absolute Gasteiger partial charge is 0.496 e. The molecular weight excluding hydrogens is 369 g/mol. The number of carbonyl (C=O) groups is 1. The quantitative estimate of drug-likeness (QED) is 0.557. The van der Waals surface area contributed by atoms with Gasteiger partial charge >= 0.3 is 5.69 Å². The van der Waals surface area contributed by atoms with E-state index in [0.717, 1.165) is 5.69 Å². The maximum Gasteiger partial charge on any atom is 0.314 e. The molecule has 2 aromatic rings. The lowest BCUT2D eigenvalue weighted by atomic mass is 10.2. The maximum absolute atomic E-state index is 13.0. The van der Waals surface area contributed by atoms with Crippen LogP contribution >= 0.6 is 0 Å². The fourth-order valence-electron chi connectivity index (χ4n) is 2.99. The summed E-state index contributed by atoms with van der Waals surface area (Å²) in [6.07, 6.45) is 0. The van der Waals surface area contributed by atoms with E-state index < -0.39 is 4.92 Å². The van der Waals surface area contributed by atoms with Gasteiger partial charge < -0.3 is 19.3 Å². The monoisotopic (exact) mass is 389 g/mol. The highest BCUT2D eigenvalue weighted by atomic mass is 19.1. The predicted molar refractivity (Wildman–Crippen MR) is 100 cm³/mol. The fourth-order valence-corrected chi connectivity index (χ4v) is 2.99. The molecule has 0 radical (unpaired) electrons. The van der Waals surface area contributed by atoms with E-state index in [1.165, 1.54) is 37.4 Å². The molecule has 0 aromatic heterocycles. The molecule has 0 atom stereocenters. The van der Waals surface area contributed by atoms with E-state index in [4.69, 9.17) is 9.47 Å². The van der Waals surface area contributed by atoms with Crippen molar-refractivity contribution in [1.82, 2.24) is 4.90 Å². The summed E-state index contributed by atoms with van der Waals surface area (Å²) in [5.41, 5.74) is 0.645. The number of benzene rings is 2. The van der Waals surface area contributed by atoms with Crippen molar-refractivity contribution in [3.63, 3.8) is 0 Å². The summed E-state index contributed by atoms with van der Waals surface area (Å²) < 4.78 is 23.4. The minimum atomic E-state index is -0.580. The van der Waals surface area contributed by atoms with Crippen molar-refractivity contribution in [2.75, 3.05) is 44.8 Å². The van der Waals surface area contributed by atoms with Gasteiger partial charge in [0.05, 0.1) is 18.1 Å². The smallest absolute Gasteiger partial charge is 0.314 e. The number of hydrogen-bond donors (Lipinski definition) is 0. The number of rotatable bonds is 6. The number of nitro benzene ring substituents is 1. The molecule has 1 heterocycles. The van der Waals surface area contributed by atoms with Crippen molar-refractivity contribution < 1.29 is 23.6 Å². The molecule has 2 aromatic carbocycles. The molecule has 0 bridgehead atoms. The van der Waals surface area contributed by atoms with E-state index in [1.807, 2.05) is 0 Å². The SMILES string of the molecule is COc1ccc(OCC(=O)N2CCN(c3ccc(F)cc3)CC2)c([N+](=O)[O-])c1. The Hall–Kier alpha value is -3.36. The van der Waals surface area contributed by atoms with Crippen molar-refractivity contribution in [2.45, 2.75) is 0 Å². The number of hydrogen-bond acceptors (Lipinski definition) is 6. The molecule has 0 spiro atoms. The Morgan fingerprint density at radius 1 is 1.14 bits per heavy atom. The highest BCUT2D eigenvalue weighted by Gasteiger charge is 2.23. The molecule has 0 aliphatic carbocycles. The lowest BCUT2D eigenvalue weighted by Crippen LogP contribution is -2.50. The Kier molecular flexibility index (Phi) is 5.93. The van der Waals surface area contributed by atoms with Crippen molar-refractivity contribution in [1.29, 1.82) is 0 Å². The molecular formula is C19H20FN3O5. The summed E-state index contributed by atoms with van der Waals surface area (Å²) in [5, 5.41) is 11.2. The number of nitrogens with zero attached hydrogens (tertiary/aromatic N) is 3. The van der Waals surface area contributed by atoms with Gasteiger partial charge in [0, 0.05) is 31.9 Å². The number of piperazine rings is 1. The second-order valence-corrected chi connectivity index (χ2v) is 6.22. The Labute approximate surface area is 161 Å². The summed E-state index contributed by atoms with van der Waals surface area (Å²) in [7, 11) is 1.41. The molecule has 1 fully saturated rings. The van der Waals surface area contributed by atoms with Crippen LogP contribution in [0.25, 0.3) is 0 Å². The van der Waals surface area contributed by atoms with Crippen LogP contribution < -0.4 is 14.4 Å². The second-order valence-electron chi connectivity index (χ2n) is 6.22. The van der Waals surface area contributed by atoms with Gasteiger partial charge in [0.15, 0.2) is 12.4 Å². The summed E-state index contributed by atoms with van der Waals surface area (Å²) in [6, 6.07) is 10.4. The number of carbonyl (C=O) groups excluding carboxylic acids is 1. The molecule has 0 unspecified atom stereocenters. The highest BCUT2D eigenvalue weighted by molar-refractivity contribution is 5.78. The average Bonchev–Trinajstić information content (AvgIpc) is 2.72. The van der Waals surface area contributed by atoms with Gasteiger partial charge in [0.1, 0.15) is 11.6 Å². The van der Waals surface area contributed by atoms with Crippen molar-refractivity contribution in [3.05, 3.63) is 58.4 Å². The summed E-state index contributed by atoms with van der Waals surface area (Å²) in [5.74, 6) is -0.183. The molecule has 3 rings (SSSR count). The zero-order valence-electron chi connectivity index (χ0n) is 15.3. The maximum atomic E-state index is 13.0. The molecule has 0 saturated carbocycles. The summed E-state index contributed by atoms with van der Waals surface area (Å²) in [4.78, 5) is 26.7. The second kappa shape index (κ2) is 8.55. The molecule has 8 nitrogen and oxygen atoms in total. The Bertz CT molecular complexity index is 851. The van der Waals surface area contributed by atoms with Crippen LogP contribution in [0.1, 0.15) is 0 Å². The highest BCUT2D eigenvalue weighted by Crippen LogP contribution is 2.31. The Morgan fingerprint density at radius 2 is 1.82 bits per heavy atom. The third kappa shape index (κ3) is 4.48. The van der Waals surface area contributed by atoms with Gasteiger partial charge in [0.2, 0.25) is 0 Å². The van der Waals surface area contributed by atoms with E-state index in [1.54, 1.807) is 17.0 Å². The predicted octanol–water partition coefficient (Wildman–Crippen LogP) is 2.47. The first-order valence-corrected chi connectivity index (χ1v) is 8.71. The van der Waals surface area contributed by atoms with Gasteiger partial charge in [0.25, 0.3) is 5.91 Å². The number of halogens is 1. The lowest BCUT2D eigenvalue weighted by Gasteiger charge is -2.36. The van der Waals surface area contributed by atoms with Crippen molar-refractivity contribution in [2.24, 2.45) is 0 Å². The van der Waals surface area contributed by atoms with Crippen LogP contribution in [0.15, 0.2) is 42.5 Å². The van der Waals surface area contributed by atoms with Gasteiger partial charge in [-0.3, -0.25) is 14.9 Å². The molecule has 1 aliphatic heterocycles. The van der Waals surface area contributed by atoms with Crippen LogP contribution in [0.5, 0.6) is 11.5 Å². The zero-order chi connectivity index (χ0) is 20.1. The fraction of sp³-hybridized carbons (Fsp3) is 0.316. The normalized spacial score (nSPS) is 13.9. The van der Waals surface area contributed by atoms with Gasteiger partial charge in [-0.05, 0) is 36.4 Å². The zero-order valence-corrected chi connectivity index (χ0v) is 15.3. The van der Waals surface area contributed by atoms with Crippen LogP contribution in [-0.2, 0) is 4.79 Å². The molecule has 1 saturated heterocycles. The number of ether oxygens (including phenoxy) is 2. The third-order valence-electron chi connectivity index (χ3n) is 4.54. The number of methoxy groups -OCH3 is 1. The Morgan fingerprint density at radius 3 is 2.43 bits per heavy atom. The molecule has 148 valence electrons. The van der Waals surface area contributed by atoms with Crippen LogP contribution in [0.2, 0.25) is 0 Å². The molecule has 0 N–H and O–H groups in total. The van der Waals surface area contributed by atoms with Crippen molar-refractivity contribution in [3.8, 4) is 11.5 Å². The molecule has 9 heteroatoms. The first-order chi connectivity index (χ1) is 13.5. The van der Waals surface area contributed by atoms with Crippen molar-refractivity contribution >= 4 is 17.3 Å².